The topological polar surface area (TPSA) is 83.7 Å². The molecule has 0 saturated heterocycles. The van der Waals surface area contributed by atoms with Crippen LogP contribution in [-0.4, -0.2) is 15.9 Å². The summed E-state index contributed by atoms with van der Waals surface area (Å²) >= 11 is 19.1. The molecule has 4 rings (SSSR count). The predicted octanol–water partition coefficient (Wildman–Crippen LogP) is 7.20. The number of rotatable bonds is 5. The molecular formula is C22H13Cl3N2O4S. The summed E-state index contributed by atoms with van der Waals surface area (Å²) in [7, 11) is 0. The van der Waals surface area contributed by atoms with Crippen LogP contribution in [-0.2, 0) is 4.79 Å². The number of nitrogens with zero attached hydrogens (tertiary/aromatic N) is 2. The molecule has 10 heteroatoms. The smallest absolute Gasteiger partial charge is 0.294 e. The molecule has 0 aliphatic carbocycles. The lowest BCUT2D eigenvalue weighted by molar-refractivity contribution is -0.384. The summed E-state index contributed by atoms with van der Waals surface area (Å²) < 4.78 is 0. The van der Waals surface area contributed by atoms with Crippen LogP contribution in [0.2, 0.25) is 15.1 Å². The zero-order valence-electron chi connectivity index (χ0n) is 16.0. The molecule has 1 aliphatic rings. The number of nitro groups is 1. The number of amides is 1. The molecule has 1 amide bonds. The fourth-order valence-electron chi connectivity index (χ4n) is 3.35. The summed E-state index contributed by atoms with van der Waals surface area (Å²) in [5.74, 6) is -1.06. The van der Waals surface area contributed by atoms with E-state index in [1.54, 1.807) is 54.6 Å². The molecular weight excluding hydrogens is 495 g/mol. The van der Waals surface area contributed by atoms with E-state index in [2.05, 4.69) is 0 Å². The van der Waals surface area contributed by atoms with Crippen LogP contribution in [0.25, 0.3) is 0 Å². The molecule has 1 heterocycles. The average molecular weight is 508 g/mol. The Labute approximate surface area is 202 Å². The van der Waals surface area contributed by atoms with Crippen molar-refractivity contribution in [3.8, 4) is 0 Å². The van der Waals surface area contributed by atoms with E-state index in [0.29, 0.717) is 31.1 Å². The van der Waals surface area contributed by atoms with Gasteiger partial charge in [0.2, 0.25) is 0 Å². The van der Waals surface area contributed by atoms with E-state index < -0.39 is 22.6 Å². The van der Waals surface area contributed by atoms with Crippen molar-refractivity contribution < 1.29 is 14.8 Å². The Balaban J connectivity index is 1.82. The van der Waals surface area contributed by atoms with Gasteiger partial charge >= 0.3 is 0 Å². The van der Waals surface area contributed by atoms with Gasteiger partial charge in [-0.15, -0.1) is 0 Å². The van der Waals surface area contributed by atoms with Crippen LogP contribution < -0.4 is 4.90 Å². The zero-order chi connectivity index (χ0) is 23.0. The first kappa shape index (κ1) is 22.5. The molecule has 162 valence electrons. The van der Waals surface area contributed by atoms with Crippen molar-refractivity contribution in [2.24, 2.45) is 0 Å². The summed E-state index contributed by atoms with van der Waals surface area (Å²) in [6.45, 7) is 0. The van der Waals surface area contributed by atoms with Gasteiger partial charge in [-0.25, -0.2) is 0 Å². The number of benzene rings is 3. The maximum Gasteiger partial charge on any atom is 0.294 e. The Morgan fingerprint density at radius 2 is 1.69 bits per heavy atom. The highest BCUT2D eigenvalue weighted by molar-refractivity contribution is 8.03. The third kappa shape index (κ3) is 4.29. The highest BCUT2D eigenvalue weighted by Crippen LogP contribution is 2.48. The normalized spacial score (nSPS) is 16.0. The first-order chi connectivity index (χ1) is 15.3. The molecule has 1 atom stereocenters. The first-order valence-electron chi connectivity index (χ1n) is 9.16. The van der Waals surface area contributed by atoms with Gasteiger partial charge in [-0.05, 0) is 48.0 Å². The van der Waals surface area contributed by atoms with E-state index >= 15 is 0 Å². The van der Waals surface area contributed by atoms with Crippen molar-refractivity contribution >= 4 is 63.8 Å². The second-order valence-corrected chi connectivity index (χ2v) is 9.19. The van der Waals surface area contributed by atoms with Gasteiger partial charge in [0, 0.05) is 26.7 Å². The fourth-order valence-corrected chi connectivity index (χ4v) is 4.94. The van der Waals surface area contributed by atoms with Crippen molar-refractivity contribution in [3.63, 3.8) is 0 Å². The van der Waals surface area contributed by atoms with Crippen molar-refractivity contribution in [3.05, 3.63) is 108 Å². The van der Waals surface area contributed by atoms with Gasteiger partial charge in [-0.1, -0.05) is 64.8 Å². The van der Waals surface area contributed by atoms with Gasteiger partial charge in [0.15, 0.2) is 5.76 Å². The van der Waals surface area contributed by atoms with Crippen molar-refractivity contribution in [1.82, 2.24) is 0 Å². The summed E-state index contributed by atoms with van der Waals surface area (Å²) in [5.41, 5.74) is 0.917. The van der Waals surface area contributed by atoms with Crippen LogP contribution in [0.4, 0.5) is 11.4 Å². The van der Waals surface area contributed by atoms with E-state index in [9.17, 15) is 20.0 Å². The van der Waals surface area contributed by atoms with Crippen molar-refractivity contribution in [2.75, 3.05) is 4.90 Å². The molecule has 6 nitrogen and oxygen atoms in total. The second kappa shape index (κ2) is 9.03. The largest absolute Gasteiger partial charge is 0.502 e. The summed E-state index contributed by atoms with van der Waals surface area (Å²) in [6.07, 6.45) is 0. The number of carbonyl (C=O) groups excluding carboxylic acids is 1. The van der Waals surface area contributed by atoms with Crippen LogP contribution in [0.15, 0.2) is 82.3 Å². The Morgan fingerprint density at radius 1 is 0.969 bits per heavy atom. The number of hydrogen-bond donors (Lipinski definition) is 1. The molecule has 3 aromatic rings. The van der Waals surface area contributed by atoms with E-state index in [4.69, 9.17) is 34.8 Å². The number of nitro benzene ring substituents is 1. The molecule has 32 heavy (non-hydrogen) atoms. The van der Waals surface area contributed by atoms with Gasteiger partial charge in [-0.2, -0.15) is 0 Å². The third-order valence-corrected chi connectivity index (χ3v) is 6.71. The third-order valence-electron chi connectivity index (χ3n) is 4.78. The molecule has 0 fully saturated rings. The number of halogens is 3. The predicted molar refractivity (Wildman–Crippen MR) is 127 cm³/mol. The number of carbonyl (C=O) groups is 1. The summed E-state index contributed by atoms with van der Waals surface area (Å²) in [4.78, 5) is 26.0. The van der Waals surface area contributed by atoms with Gasteiger partial charge in [-0.3, -0.25) is 19.8 Å². The quantitative estimate of drug-likeness (QED) is 0.291. The highest BCUT2D eigenvalue weighted by Gasteiger charge is 2.42. The van der Waals surface area contributed by atoms with E-state index in [0.717, 1.165) is 11.8 Å². The van der Waals surface area contributed by atoms with Crippen molar-refractivity contribution in [2.45, 2.75) is 10.9 Å². The lowest BCUT2D eigenvalue weighted by Gasteiger charge is -2.27. The van der Waals surface area contributed by atoms with Crippen LogP contribution in [0.1, 0.15) is 11.6 Å². The van der Waals surface area contributed by atoms with E-state index in [-0.39, 0.29) is 10.7 Å². The van der Waals surface area contributed by atoms with E-state index in [1.165, 1.54) is 17.0 Å². The summed E-state index contributed by atoms with van der Waals surface area (Å²) in [5, 5.41) is 23.0. The second-order valence-electron chi connectivity index (χ2n) is 6.79. The molecule has 1 unspecified atom stereocenters. The molecule has 0 spiro atoms. The average Bonchev–Trinajstić information content (AvgIpc) is 3.00. The lowest BCUT2D eigenvalue weighted by Crippen LogP contribution is -2.30. The number of hydrogen-bond acceptors (Lipinski definition) is 5. The standard InChI is InChI=1S/C22H13Cl3N2O4S/c23-13-6-4-12(5-7-13)19-21(32-16-8-9-17(25)18(11-16)27(30)31)20(28)22(29)26(19)15-3-1-2-14(24)10-15/h1-11,19,28H. The first-order valence-corrected chi connectivity index (χ1v) is 11.1. The van der Waals surface area contributed by atoms with Gasteiger partial charge in [0.25, 0.3) is 11.6 Å². The fraction of sp³-hybridized carbons (Fsp3) is 0.0455. The van der Waals surface area contributed by atoms with Crippen LogP contribution in [0.3, 0.4) is 0 Å². The van der Waals surface area contributed by atoms with Crippen LogP contribution >= 0.6 is 46.6 Å². The molecule has 0 saturated carbocycles. The Hall–Kier alpha value is -2.71. The van der Waals surface area contributed by atoms with Gasteiger partial charge in [0.05, 0.1) is 15.9 Å². The number of anilines is 1. The molecule has 0 bridgehead atoms. The lowest BCUT2D eigenvalue weighted by atomic mass is 10.1. The zero-order valence-corrected chi connectivity index (χ0v) is 19.1. The number of aliphatic hydroxyl groups excluding tert-OH is 1. The van der Waals surface area contributed by atoms with E-state index in [1.807, 2.05) is 0 Å². The molecule has 0 aromatic heterocycles. The minimum atomic E-state index is -0.696. The Bertz CT molecular complexity index is 1260. The van der Waals surface area contributed by atoms with Crippen LogP contribution in [0.5, 0.6) is 0 Å². The molecule has 1 N–H and O–H groups in total. The minimum absolute atomic E-state index is 0.00476. The minimum Gasteiger partial charge on any atom is -0.502 e. The number of aliphatic hydroxyl groups is 1. The van der Waals surface area contributed by atoms with Crippen LogP contribution in [0, 0.1) is 10.1 Å². The Kier molecular flexibility index (Phi) is 6.35. The Morgan fingerprint density at radius 3 is 2.34 bits per heavy atom. The van der Waals surface area contributed by atoms with Crippen molar-refractivity contribution in [1.29, 1.82) is 0 Å². The number of thioether (sulfide) groups is 1. The monoisotopic (exact) mass is 506 g/mol. The SMILES string of the molecule is O=C1C(O)=C(Sc2ccc(Cl)c([N+](=O)[O-])c2)C(c2ccc(Cl)cc2)N1c1cccc(Cl)c1. The molecule has 3 aromatic carbocycles. The maximum atomic E-state index is 13.1. The summed E-state index contributed by atoms with van der Waals surface area (Å²) in [6, 6.07) is 17.2. The highest BCUT2D eigenvalue weighted by atomic mass is 35.5. The molecule has 0 radical (unpaired) electrons. The van der Waals surface area contributed by atoms with Gasteiger partial charge < -0.3 is 5.11 Å². The van der Waals surface area contributed by atoms with Gasteiger partial charge in [0.1, 0.15) is 5.02 Å². The molecule has 1 aliphatic heterocycles. The maximum absolute atomic E-state index is 13.1.